The van der Waals surface area contributed by atoms with Crippen molar-refractivity contribution >= 4 is 17.8 Å². The third-order valence-corrected chi connectivity index (χ3v) is 6.35. The first kappa shape index (κ1) is 17.6. The van der Waals surface area contributed by atoms with Gasteiger partial charge in [0.05, 0.1) is 5.60 Å². The van der Waals surface area contributed by atoms with E-state index in [4.69, 9.17) is 4.74 Å². The van der Waals surface area contributed by atoms with Gasteiger partial charge in [0, 0.05) is 24.9 Å². The van der Waals surface area contributed by atoms with Crippen LogP contribution in [0.15, 0.2) is 30.3 Å². The Hall–Kier alpha value is -1.20. The van der Waals surface area contributed by atoms with E-state index in [1.807, 2.05) is 17.8 Å². The summed E-state index contributed by atoms with van der Waals surface area (Å²) in [5.74, 6) is 2.70. The number of thioether (sulfide) groups is 1. The SMILES string of the molecule is C[C@H](CCNC(=O)N[C@H]1CCO[C@@]2(CCSC2)C1)c1ccccc1. The van der Waals surface area contributed by atoms with Gasteiger partial charge < -0.3 is 15.4 Å². The molecule has 4 nitrogen and oxygen atoms in total. The summed E-state index contributed by atoms with van der Waals surface area (Å²) < 4.78 is 6.01. The van der Waals surface area contributed by atoms with Crippen molar-refractivity contribution in [2.75, 3.05) is 24.7 Å². The lowest BCUT2D eigenvalue weighted by Crippen LogP contribution is -2.51. The number of ether oxygens (including phenoxy) is 1. The zero-order valence-corrected chi connectivity index (χ0v) is 15.2. The fraction of sp³-hybridized carbons (Fsp3) is 0.632. The average molecular weight is 349 g/mol. The molecule has 1 aromatic rings. The highest BCUT2D eigenvalue weighted by molar-refractivity contribution is 7.99. The van der Waals surface area contributed by atoms with E-state index in [0.29, 0.717) is 12.5 Å². The maximum absolute atomic E-state index is 12.2. The molecule has 2 aliphatic heterocycles. The lowest BCUT2D eigenvalue weighted by molar-refractivity contribution is -0.0684. The summed E-state index contributed by atoms with van der Waals surface area (Å²) in [6.07, 6.45) is 3.94. The van der Waals surface area contributed by atoms with E-state index in [1.165, 1.54) is 11.3 Å². The molecule has 3 rings (SSSR count). The second-order valence-corrected chi connectivity index (χ2v) is 8.13. The fourth-order valence-corrected chi connectivity index (χ4v) is 4.98. The number of carbonyl (C=O) groups is 1. The first-order chi connectivity index (χ1) is 11.7. The number of amides is 2. The Morgan fingerprint density at radius 3 is 3.00 bits per heavy atom. The minimum atomic E-state index is -0.0389. The highest BCUT2D eigenvalue weighted by atomic mass is 32.2. The van der Waals surface area contributed by atoms with Crippen molar-refractivity contribution in [2.45, 2.75) is 50.2 Å². The number of hydrogen-bond acceptors (Lipinski definition) is 3. The van der Waals surface area contributed by atoms with Crippen LogP contribution in [0.5, 0.6) is 0 Å². The highest BCUT2D eigenvalue weighted by Gasteiger charge is 2.40. The van der Waals surface area contributed by atoms with E-state index in [-0.39, 0.29) is 17.7 Å². The summed E-state index contributed by atoms with van der Waals surface area (Å²) in [6.45, 7) is 3.66. The molecule has 2 aliphatic rings. The third-order valence-electron chi connectivity index (χ3n) is 5.13. The first-order valence-corrected chi connectivity index (χ1v) is 10.1. The van der Waals surface area contributed by atoms with Crippen molar-refractivity contribution in [2.24, 2.45) is 0 Å². The van der Waals surface area contributed by atoms with Crippen molar-refractivity contribution in [3.8, 4) is 0 Å². The molecular formula is C19H28N2O2S. The Balaban J connectivity index is 1.38. The monoisotopic (exact) mass is 348 g/mol. The molecule has 132 valence electrons. The Kier molecular flexibility index (Phi) is 6.06. The standard InChI is InChI=1S/C19H28N2O2S/c1-15(16-5-3-2-4-6-16)7-10-20-18(22)21-17-8-11-23-19(13-17)9-12-24-14-19/h2-6,15,17H,7-14H2,1H3,(H2,20,21,22)/t15-,17+,19+/m1/s1. The molecule has 5 heteroatoms. The Morgan fingerprint density at radius 1 is 1.42 bits per heavy atom. The molecule has 1 aromatic carbocycles. The van der Waals surface area contributed by atoms with Gasteiger partial charge in [-0.2, -0.15) is 11.8 Å². The van der Waals surface area contributed by atoms with E-state index in [9.17, 15) is 4.79 Å². The van der Waals surface area contributed by atoms with Crippen molar-refractivity contribution in [3.63, 3.8) is 0 Å². The van der Waals surface area contributed by atoms with Crippen LogP contribution in [0, 0.1) is 0 Å². The Labute approximate surface area is 149 Å². The third kappa shape index (κ3) is 4.67. The summed E-state index contributed by atoms with van der Waals surface area (Å²) in [7, 11) is 0. The molecule has 0 unspecified atom stereocenters. The number of urea groups is 1. The maximum atomic E-state index is 12.2. The van der Waals surface area contributed by atoms with Gasteiger partial charge in [-0.15, -0.1) is 0 Å². The van der Waals surface area contributed by atoms with Crippen molar-refractivity contribution in [3.05, 3.63) is 35.9 Å². The lowest BCUT2D eigenvalue weighted by atomic mass is 9.90. The van der Waals surface area contributed by atoms with E-state index in [1.54, 1.807) is 0 Å². The molecule has 0 saturated carbocycles. The molecule has 3 atom stereocenters. The minimum Gasteiger partial charge on any atom is -0.374 e. The molecule has 0 bridgehead atoms. The molecule has 2 fully saturated rings. The van der Waals surface area contributed by atoms with Crippen LogP contribution in [-0.4, -0.2) is 42.3 Å². The summed E-state index contributed by atoms with van der Waals surface area (Å²) in [5.41, 5.74) is 1.34. The predicted octanol–water partition coefficient (Wildman–Crippen LogP) is 3.53. The van der Waals surface area contributed by atoms with Crippen LogP contribution in [0.4, 0.5) is 4.79 Å². The van der Waals surface area contributed by atoms with Gasteiger partial charge in [0.25, 0.3) is 0 Å². The van der Waals surface area contributed by atoms with Crippen molar-refractivity contribution < 1.29 is 9.53 Å². The zero-order valence-electron chi connectivity index (χ0n) is 14.4. The highest BCUT2D eigenvalue weighted by Crippen LogP contribution is 2.38. The molecule has 24 heavy (non-hydrogen) atoms. The van der Waals surface area contributed by atoms with Gasteiger partial charge in [-0.05, 0) is 42.9 Å². The van der Waals surface area contributed by atoms with E-state index >= 15 is 0 Å². The quantitative estimate of drug-likeness (QED) is 0.856. The van der Waals surface area contributed by atoms with Gasteiger partial charge in [-0.3, -0.25) is 0 Å². The zero-order chi connectivity index (χ0) is 16.8. The van der Waals surface area contributed by atoms with Gasteiger partial charge in [0.2, 0.25) is 0 Å². The van der Waals surface area contributed by atoms with Gasteiger partial charge in [0.1, 0.15) is 0 Å². The summed E-state index contributed by atoms with van der Waals surface area (Å²) >= 11 is 1.96. The Morgan fingerprint density at radius 2 is 2.25 bits per heavy atom. The molecule has 2 saturated heterocycles. The van der Waals surface area contributed by atoms with Crippen LogP contribution in [0.2, 0.25) is 0 Å². The van der Waals surface area contributed by atoms with Gasteiger partial charge in [0.15, 0.2) is 0 Å². The minimum absolute atomic E-state index is 0.0166. The molecule has 2 amide bonds. The van der Waals surface area contributed by atoms with Crippen LogP contribution in [0.1, 0.15) is 44.1 Å². The van der Waals surface area contributed by atoms with Crippen molar-refractivity contribution in [1.82, 2.24) is 10.6 Å². The fourth-order valence-electron chi connectivity index (χ4n) is 3.60. The van der Waals surface area contributed by atoms with Crippen LogP contribution >= 0.6 is 11.8 Å². The molecule has 2 heterocycles. The lowest BCUT2D eigenvalue weighted by Gasteiger charge is -2.38. The number of benzene rings is 1. The number of rotatable bonds is 5. The molecule has 1 spiro atoms. The van der Waals surface area contributed by atoms with Gasteiger partial charge in [-0.1, -0.05) is 37.3 Å². The van der Waals surface area contributed by atoms with E-state index in [0.717, 1.165) is 38.0 Å². The summed E-state index contributed by atoms with van der Waals surface area (Å²) in [6, 6.07) is 10.7. The number of nitrogens with one attached hydrogen (secondary N) is 2. The topological polar surface area (TPSA) is 50.4 Å². The molecule has 2 N–H and O–H groups in total. The molecule has 0 radical (unpaired) electrons. The number of carbonyl (C=O) groups excluding carboxylic acids is 1. The summed E-state index contributed by atoms with van der Waals surface area (Å²) in [4.78, 5) is 12.2. The van der Waals surface area contributed by atoms with Gasteiger partial charge >= 0.3 is 6.03 Å². The van der Waals surface area contributed by atoms with Crippen LogP contribution in [-0.2, 0) is 4.74 Å². The second-order valence-electron chi connectivity index (χ2n) is 7.02. The van der Waals surface area contributed by atoms with Crippen LogP contribution < -0.4 is 10.6 Å². The second kappa shape index (κ2) is 8.26. The van der Waals surface area contributed by atoms with E-state index < -0.39 is 0 Å². The van der Waals surface area contributed by atoms with Gasteiger partial charge in [-0.25, -0.2) is 4.79 Å². The largest absolute Gasteiger partial charge is 0.374 e. The predicted molar refractivity (Wildman–Crippen MR) is 99.7 cm³/mol. The van der Waals surface area contributed by atoms with Crippen LogP contribution in [0.3, 0.4) is 0 Å². The molecular weight excluding hydrogens is 320 g/mol. The Bertz CT molecular complexity index is 531. The summed E-state index contributed by atoms with van der Waals surface area (Å²) in [5, 5.41) is 6.16. The number of hydrogen-bond donors (Lipinski definition) is 2. The normalized spacial score (nSPS) is 27.8. The molecule has 0 aliphatic carbocycles. The van der Waals surface area contributed by atoms with Crippen molar-refractivity contribution in [1.29, 1.82) is 0 Å². The average Bonchev–Trinajstić information content (AvgIpc) is 3.03. The van der Waals surface area contributed by atoms with Crippen LogP contribution in [0.25, 0.3) is 0 Å². The first-order valence-electron chi connectivity index (χ1n) is 8.98. The molecule has 0 aromatic heterocycles. The smallest absolute Gasteiger partial charge is 0.315 e. The maximum Gasteiger partial charge on any atom is 0.315 e. The van der Waals surface area contributed by atoms with E-state index in [2.05, 4.69) is 41.8 Å².